The number of anilines is 1. The normalized spacial score (nSPS) is 16.3. The zero-order chi connectivity index (χ0) is 21.3. The molecule has 1 fully saturated rings. The third kappa shape index (κ3) is 5.49. The Balaban J connectivity index is 1.52. The first-order valence-corrected chi connectivity index (χ1v) is 10.2. The van der Waals surface area contributed by atoms with E-state index in [2.05, 4.69) is 26.6 Å². The number of aliphatic imine (C=N–C) groups is 1. The van der Waals surface area contributed by atoms with E-state index in [1.54, 1.807) is 28.4 Å². The Morgan fingerprint density at radius 1 is 1.07 bits per heavy atom. The molecular weight excluding hydrogens is 380 g/mol. The van der Waals surface area contributed by atoms with Crippen molar-refractivity contribution in [3.05, 3.63) is 48.0 Å². The lowest BCUT2D eigenvalue weighted by Gasteiger charge is -2.21. The molecule has 2 aromatic rings. The summed E-state index contributed by atoms with van der Waals surface area (Å²) in [4.78, 5) is 6.72. The first kappa shape index (κ1) is 21.6. The van der Waals surface area contributed by atoms with Crippen molar-refractivity contribution in [2.75, 3.05) is 52.9 Å². The van der Waals surface area contributed by atoms with E-state index in [0.29, 0.717) is 6.04 Å². The van der Waals surface area contributed by atoms with Crippen LogP contribution in [0.4, 0.5) is 5.69 Å². The number of methoxy groups -OCH3 is 3. The van der Waals surface area contributed by atoms with Gasteiger partial charge in [0.2, 0.25) is 0 Å². The van der Waals surface area contributed by atoms with Crippen LogP contribution in [0.3, 0.4) is 0 Å². The molecule has 0 radical (unpaired) electrons. The lowest BCUT2D eigenvalue weighted by atomic mass is 10.1. The molecule has 7 heteroatoms. The predicted octanol–water partition coefficient (Wildman–Crippen LogP) is 2.70. The van der Waals surface area contributed by atoms with Gasteiger partial charge in [0.1, 0.15) is 17.2 Å². The molecule has 30 heavy (non-hydrogen) atoms. The van der Waals surface area contributed by atoms with E-state index < -0.39 is 0 Å². The maximum absolute atomic E-state index is 5.43. The standard InChI is InChI=1S/C23H32N4O3/c1-24-23(25-11-9-17-7-5-6-8-22(17)30-4)26-18-10-12-27(16-18)19-13-20(28-2)15-21(14-19)29-3/h5-8,13-15,18H,9-12,16H2,1-4H3,(H2,24,25,26). The van der Waals surface area contributed by atoms with Gasteiger partial charge in [-0.1, -0.05) is 18.2 Å². The summed E-state index contributed by atoms with van der Waals surface area (Å²) in [5.74, 6) is 3.34. The molecule has 1 saturated heterocycles. The Morgan fingerprint density at radius 2 is 1.80 bits per heavy atom. The van der Waals surface area contributed by atoms with E-state index >= 15 is 0 Å². The van der Waals surface area contributed by atoms with Gasteiger partial charge in [0.25, 0.3) is 0 Å². The molecule has 2 N–H and O–H groups in total. The van der Waals surface area contributed by atoms with Crippen molar-refractivity contribution in [3.63, 3.8) is 0 Å². The summed E-state index contributed by atoms with van der Waals surface area (Å²) in [5.41, 5.74) is 2.29. The monoisotopic (exact) mass is 412 g/mol. The zero-order valence-corrected chi connectivity index (χ0v) is 18.3. The average Bonchev–Trinajstić information content (AvgIpc) is 3.26. The minimum Gasteiger partial charge on any atom is -0.497 e. The molecule has 3 rings (SSSR count). The number of rotatable bonds is 8. The number of hydrogen-bond donors (Lipinski definition) is 2. The highest BCUT2D eigenvalue weighted by Gasteiger charge is 2.24. The van der Waals surface area contributed by atoms with Crippen molar-refractivity contribution >= 4 is 11.6 Å². The summed E-state index contributed by atoms with van der Waals surface area (Å²) in [6.45, 7) is 2.64. The summed E-state index contributed by atoms with van der Waals surface area (Å²) >= 11 is 0. The fourth-order valence-corrected chi connectivity index (χ4v) is 3.70. The van der Waals surface area contributed by atoms with Crippen LogP contribution in [0.5, 0.6) is 17.2 Å². The highest BCUT2D eigenvalue weighted by Crippen LogP contribution is 2.30. The van der Waals surface area contributed by atoms with Crippen LogP contribution >= 0.6 is 0 Å². The van der Waals surface area contributed by atoms with Crippen molar-refractivity contribution in [1.29, 1.82) is 0 Å². The van der Waals surface area contributed by atoms with Crippen LogP contribution in [0.25, 0.3) is 0 Å². The fraction of sp³-hybridized carbons (Fsp3) is 0.435. The lowest BCUT2D eigenvalue weighted by Crippen LogP contribution is -2.45. The van der Waals surface area contributed by atoms with E-state index in [4.69, 9.17) is 14.2 Å². The van der Waals surface area contributed by atoms with Gasteiger partial charge >= 0.3 is 0 Å². The van der Waals surface area contributed by atoms with Gasteiger partial charge in [0.15, 0.2) is 5.96 Å². The van der Waals surface area contributed by atoms with Crippen LogP contribution in [0.2, 0.25) is 0 Å². The zero-order valence-electron chi connectivity index (χ0n) is 18.3. The second-order valence-corrected chi connectivity index (χ2v) is 7.21. The van der Waals surface area contributed by atoms with E-state index in [1.165, 1.54) is 5.56 Å². The van der Waals surface area contributed by atoms with Gasteiger partial charge in [-0.05, 0) is 24.5 Å². The molecule has 0 aromatic heterocycles. The topological polar surface area (TPSA) is 67.4 Å². The summed E-state index contributed by atoms with van der Waals surface area (Å²) in [6.07, 6.45) is 1.90. The van der Waals surface area contributed by atoms with Gasteiger partial charge < -0.3 is 29.7 Å². The molecule has 0 amide bonds. The number of guanidine groups is 1. The van der Waals surface area contributed by atoms with Crippen molar-refractivity contribution in [1.82, 2.24) is 10.6 Å². The molecule has 1 aliphatic rings. The lowest BCUT2D eigenvalue weighted by molar-refractivity contribution is 0.394. The smallest absolute Gasteiger partial charge is 0.191 e. The third-order valence-electron chi connectivity index (χ3n) is 5.33. The number of nitrogens with zero attached hydrogens (tertiary/aromatic N) is 2. The maximum atomic E-state index is 5.43. The molecule has 0 aliphatic carbocycles. The average molecular weight is 413 g/mol. The molecule has 1 heterocycles. The van der Waals surface area contributed by atoms with E-state index in [-0.39, 0.29) is 0 Å². The minimum atomic E-state index is 0.319. The Labute approximate surface area is 179 Å². The number of ether oxygens (including phenoxy) is 3. The first-order valence-electron chi connectivity index (χ1n) is 10.2. The largest absolute Gasteiger partial charge is 0.497 e. The second-order valence-electron chi connectivity index (χ2n) is 7.21. The van der Waals surface area contributed by atoms with Crippen LogP contribution < -0.4 is 29.7 Å². The Kier molecular flexibility index (Phi) is 7.65. The molecule has 0 saturated carbocycles. The maximum Gasteiger partial charge on any atom is 0.191 e. The molecule has 1 atom stereocenters. The fourth-order valence-electron chi connectivity index (χ4n) is 3.70. The molecule has 162 valence electrons. The minimum absolute atomic E-state index is 0.319. The van der Waals surface area contributed by atoms with Gasteiger partial charge in [0.05, 0.1) is 21.3 Å². The van der Waals surface area contributed by atoms with Crippen molar-refractivity contribution in [2.45, 2.75) is 18.9 Å². The Bertz CT molecular complexity index is 834. The molecule has 1 unspecified atom stereocenters. The van der Waals surface area contributed by atoms with Gasteiger partial charge in [-0.3, -0.25) is 4.99 Å². The second kappa shape index (κ2) is 10.6. The van der Waals surface area contributed by atoms with Crippen molar-refractivity contribution < 1.29 is 14.2 Å². The van der Waals surface area contributed by atoms with Crippen LogP contribution in [-0.2, 0) is 6.42 Å². The molecule has 2 aromatic carbocycles. The highest BCUT2D eigenvalue weighted by molar-refractivity contribution is 5.80. The van der Waals surface area contributed by atoms with Crippen LogP contribution in [0, 0.1) is 0 Å². The van der Waals surface area contributed by atoms with Gasteiger partial charge in [-0.25, -0.2) is 0 Å². The highest BCUT2D eigenvalue weighted by atomic mass is 16.5. The molecule has 1 aliphatic heterocycles. The van der Waals surface area contributed by atoms with Crippen LogP contribution in [-0.4, -0.2) is 60.0 Å². The van der Waals surface area contributed by atoms with Gasteiger partial charge in [-0.15, -0.1) is 0 Å². The third-order valence-corrected chi connectivity index (χ3v) is 5.33. The predicted molar refractivity (Wildman–Crippen MR) is 121 cm³/mol. The van der Waals surface area contributed by atoms with Gasteiger partial charge in [0, 0.05) is 56.6 Å². The SMILES string of the molecule is CN=C(NCCc1ccccc1OC)NC1CCN(c2cc(OC)cc(OC)c2)C1. The first-order chi connectivity index (χ1) is 14.7. The Hall–Kier alpha value is -3.09. The quantitative estimate of drug-likeness (QED) is 0.513. The van der Waals surface area contributed by atoms with Crippen molar-refractivity contribution in [3.8, 4) is 17.2 Å². The summed E-state index contributed by atoms with van der Waals surface area (Å²) in [7, 11) is 6.86. The Morgan fingerprint density at radius 3 is 2.47 bits per heavy atom. The van der Waals surface area contributed by atoms with E-state index in [0.717, 1.165) is 61.4 Å². The van der Waals surface area contributed by atoms with E-state index in [9.17, 15) is 0 Å². The number of benzene rings is 2. The van der Waals surface area contributed by atoms with Crippen LogP contribution in [0.15, 0.2) is 47.5 Å². The van der Waals surface area contributed by atoms with E-state index in [1.807, 2.05) is 36.4 Å². The summed E-state index contributed by atoms with van der Waals surface area (Å²) < 4.78 is 16.2. The molecule has 0 bridgehead atoms. The molecule has 7 nitrogen and oxygen atoms in total. The number of hydrogen-bond acceptors (Lipinski definition) is 5. The number of para-hydroxylation sites is 1. The molecule has 0 spiro atoms. The van der Waals surface area contributed by atoms with Crippen molar-refractivity contribution in [2.24, 2.45) is 4.99 Å². The summed E-state index contributed by atoms with van der Waals surface area (Å²) in [5, 5.41) is 6.95. The van der Waals surface area contributed by atoms with Gasteiger partial charge in [-0.2, -0.15) is 0 Å². The molecular formula is C23H32N4O3. The summed E-state index contributed by atoms with van der Waals surface area (Å²) in [6, 6.07) is 14.4. The van der Waals surface area contributed by atoms with Crippen LogP contribution in [0.1, 0.15) is 12.0 Å². The number of nitrogens with one attached hydrogen (secondary N) is 2.